The summed E-state index contributed by atoms with van der Waals surface area (Å²) in [7, 11) is 0. The molecule has 0 spiro atoms. The van der Waals surface area contributed by atoms with Crippen LogP contribution < -0.4 is 10.6 Å². The SMILES string of the molecule is Cc1ccc(C(=O)Nc2cccc(C(F)(F)F)c2)cc1NC(=O)c1ccn2ncnc2c1. The van der Waals surface area contributed by atoms with Gasteiger partial charge in [-0.05, 0) is 55.0 Å². The van der Waals surface area contributed by atoms with Crippen molar-refractivity contribution in [2.75, 3.05) is 10.6 Å². The van der Waals surface area contributed by atoms with Gasteiger partial charge in [0.25, 0.3) is 11.8 Å². The fourth-order valence-corrected chi connectivity index (χ4v) is 3.03. The lowest BCUT2D eigenvalue weighted by atomic mass is 10.1. The molecule has 0 aliphatic heterocycles. The molecule has 10 heteroatoms. The summed E-state index contributed by atoms with van der Waals surface area (Å²) >= 11 is 0. The van der Waals surface area contributed by atoms with E-state index in [-0.39, 0.29) is 11.3 Å². The topological polar surface area (TPSA) is 88.4 Å². The number of halogens is 3. The average Bonchev–Trinajstić information content (AvgIpc) is 3.22. The number of benzene rings is 2. The number of carbonyl (C=O) groups excluding carboxylic acids is 2. The normalized spacial score (nSPS) is 11.4. The summed E-state index contributed by atoms with van der Waals surface area (Å²) in [6.45, 7) is 1.76. The quantitative estimate of drug-likeness (QED) is 0.488. The number of nitrogens with zero attached hydrogens (tertiary/aromatic N) is 3. The van der Waals surface area contributed by atoms with E-state index in [4.69, 9.17) is 0 Å². The first-order chi connectivity index (χ1) is 15.2. The Bertz CT molecular complexity index is 1330. The zero-order chi connectivity index (χ0) is 22.9. The second kappa shape index (κ2) is 8.14. The van der Waals surface area contributed by atoms with Crippen LogP contribution in [-0.2, 0) is 6.18 Å². The van der Waals surface area contributed by atoms with Crippen molar-refractivity contribution in [1.82, 2.24) is 14.6 Å². The Hall–Kier alpha value is -4.21. The molecule has 0 saturated heterocycles. The van der Waals surface area contributed by atoms with Gasteiger partial charge in [0.05, 0.1) is 5.56 Å². The van der Waals surface area contributed by atoms with Gasteiger partial charge < -0.3 is 10.6 Å². The minimum atomic E-state index is -4.52. The van der Waals surface area contributed by atoms with Gasteiger partial charge >= 0.3 is 6.18 Å². The Balaban J connectivity index is 1.53. The van der Waals surface area contributed by atoms with Crippen LogP contribution in [0.1, 0.15) is 31.8 Å². The van der Waals surface area contributed by atoms with E-state index in [0.29, 0.717) is 22.5 Å². The molecular formula is C22H16F3N5O2. The number of carbonyl (C=O) groups is 2. The summed E-state index contributed by atoms with van der Waals surface area (Å²) in [5.74, 6) is -1.02. The lowest BCUT2D eigenvalue weighted by Gasteiger charge is -2.12. The van der Waals surface area contributed by atoms with Gasteiger partial charge in [-0.15, -0.1) is 0 Å². The van der Waals surface area contributed by atoms with E-state index in [1.54, 1.807) is 31.3 Å². The molecule has 0 aliphatic carbocycles. The summed E-state index contributed by atoms with van der Waals surface area (Å²) in [5, 5.41) is 9.16. The average molecular weight is 439 g/mol. The second-order valence-corrected chi connectivity index (χ2v) is 6.99. The number of pyridine rings is 1. The minimum Gasteiger partial charge on any atom is -0.322 e. The summed E-state index contributed by atoms with van der Waals surface area (Å²) in [4.78, 5) is 29.3. The molecule has 162 valence electrons. The van der Waals surface area contributed by atoms with Crippen LogP contribution in [0.4, 0.5) is 24.5 Å². The molecule has 4 rings (SSSR count). The van der Waals surface area contributed by atoms with Crippen LogP contribution in [0, 0.1) is 6.92 Å². The van der Waals surface area contributed by atoms with Gasteiger partial charge in [-0.25, -0.2) is 9.50 Å². The van der Waals surface area contributed by atoms with Crippen LogP contribution in [0.25, 0.3) is 5.65 Å². The number of aryl methyl sites for hydroxylation is 1. The highest BCUT2D eigenvalue weighted by Gasteiger charge is 2.30. The zero-order valence-electron chi connectivity index (χ0n) is 16.6. The predicted molar refractivity (Wildman–Crippen MR) is 112 cm³/mol. The first-order valence-electron chi connectivity index (χ1n) is 9.41. The Morgan fingerprint density at radius 2 is 1.69 bits per heavy atom. The fraction of sp³-hybridized carbons (Fsp3) is 0.0909. The summed E-state index contributed by atoms with van der Waals surface area (Å²) in [6.07, 6.45) is -1.55. The van der Waals surface area contributed by atoms with Gasteiger partial charge in [-0.2, -0.15) is 18.3 Å². The van der Waals surface area contributed by atoms with Crippen molar-refractivity contribution in [3.63, 3.8) is 0 Å². The number of anilines is 2. The molecule has 2 aromatic carbocycles. The third-order valence-corrected chi connectivity index (χ3v) is 4.74. The zero-order valence-corrected chi connectivity index (χ0v) is 16.6. The standard InChI is InChI=1S/C22H16F3N5O2/c1-13-5-6-14(20(31)28-17-4-2-3-16(11-17)22(23,24)25)9-18(13)29-21(32)15-7-8-30-19(10-15)26-12-27-30/h2-12H,1H3,(H,28,31)(H,29,32). The van der Waals surface area contributed by atoms with E-state index in [1.807, 2.05) is 0 Å². The van der Waals surface area contributed by atoms with E-state index in [0.717, 1.165) is 12.1 Å². The summed E-state index contributed by atoms with van der Waals surface area (Å²) < 4.78 is 40.2. The van der Waals surface area contributed by atoms with Crippen LogP contribution in [-0.4, -0.2) is 26.4 Å². The molecule has 0 fully saturated rings. The molecule has 0 unspecified atom stereocenters. The molecule has 0 aliphatic rings. The van der Waals surface area contributed by atoms with E-state index >= 15 is 0 Å². The number of hydrogen-bond acceptors (Lipinski definition) is 4. The van der Waals surface area contributed by atoms with E-state index in [1.165, 1.54) is 35.1 Å². The van der Waals surface area contributed by atoms with Crippen molar-refractivity contribution in [3.8, 4) is 0 Å². The van der Waals surface area contributed by atoms with Crippen LogP contribution in [0.5, 0.6) is 0 Å². The van der Waals surface area contributed by atoms with Crippen molar-refractivity contribution >= 4 is 28.8 Å². The van der Waals surface area contributed by atoms with E-state index < -0.39 is 23.6 Å². The number of fused-ring (bicyclic) bond motifs is 1. The molecule has 4 aromatic rings. The van der Waals surface area contributed by atoms with Gasteiger partial charge in [0, 0.05) is 28.7 Å². The van der Waals surface area contributed by atoms with Crippen LogP contribution in [0.3, 0.4) is 0 Å². The fourth-order valence-electron chi connectivity index (χ4n) is 3.03. The highest BCUT2D eigenvalue weighted by Crippen LogP contribution is 2.30. The summed E-state index contributed by atoms with van der Waals surface area (Å²) in [6, 6.07) is 12.1. The molecular weight excluding hydrogens is 423 g/mol. The van der Waals surface area contributed by atoms with E-state index in [2.05, 4.69) is 20.7 Å². The third kappa shape index (κ3) is 4.43. The molecule has 2 N–H and O–H groups in total. The predicted octanol–water partition coefficient (Wildman–Crippen LogP) is 4.56. The maximum Gasteiger partial charge on any atom is 0.416 e. The molecule has 0 bridgehead atoms. The molecule has 0 saturated carbocycles. The lowest BCUT2D eigenvalue weighted by Crippen LogP contribution is -2.16. The van der Waals surface area contributed by atoms with Gasteiger partial charge in [0.2, 0.25) is 0 Å². The third-order valence-electron chi connectivity index (χ3n) is 4.74. The van der Waals surface area contributed by atoms with Gasteiger partial charge in [0.15, 0.2) is 5.65 Å². The van der Waals surface area contributed by atoms with Crippen LogP contribution >= 0.6 is 0 Å². The van der Waals surface area contributed by atoms with E-state index in [9.17, 15) is 22.8 Å². The number of aromatic nitrogens is 3. The second-order valence-electron chi connectivity index (χ2n) is 6.99. The highest BCUT2D eigenvalue weighted by molar-refractivity contribution is 6.08. The Morgan fingerprint density at radius 3 is 2.47 bits per heavy atom. The van der Waals surface area contributed by atoms with Gasteiger partial charge in [0.1, 0.15) is 6.33 Å². The maximum absolute atomic E-state index is 12.9. The lowest BCUT2D eigenvalue weighted by molar-refractivity contribution is -0.137. The molecule has 0 radical (unpaired) electrons. The smallest absolute Gasteiger partial charge is 0.322 e. The van der Waals surface area contributed by atoms with Crippen molar-refractivity contribution in [3.05, 3.63) is 89.4 Å². The highest BCUT2D eigenvalue weighted by atomic mass is 19.4. The number of alkyl halides is 3. The van der Waals surface area contributed by atoms with Crippen molar-refractivity contribution in [1.29, 1.82) is 0 Å². The Morgan fingerprint density at radius 1 is 0.938 bits per heavy atom. The first kappa shape index (κ1) is 21.0. The number of hydrogen-bond donors (Lipinski definition) is 2. The molecule has 7 nitrogen and oxygen atoms in total. The van der Waals surface area contributed by atoms with Gasteiger partial charge in [-0.3, -0.25) is 9.59 Å². The molecule has 32 heavy (non-hydrogen) atoms. The van der Waals surface area contributed by atoms with Crippen LogP contribution in [0.15, 0.2) is 67.1 Å². The summed E-state index contributed by atoms with van der Waals surface area (Å²) in [5.41, 5.74) is 1.28. The van der Waals surface area contributed by atoms with Crippen molar-refractivity contribution in [2.24, 2.45) is 0 Å². The number of nitrogens with one attached hydrogen (secondary N) is 2. The first-order valence-corrected chi connectivity index (χ1v) is 9.41. The largest absolute Gasteiger partial charge is 0.416 e. The Labute approximate surface area is 179 Å². The van der Waals surface area contributed by atoms with Crippen molar-refractivity contribution in [2.45, 2.75) is 13.1 Å². The molecule has 2 amide bonds. The Kier molecular flexibility index (Phi) is 5.35. The van der Waals surface area contributed by atoms with Crippen LogP contribution in [0.2, 0.25) is 0 Å². The molecule has 0 atom stereocenters. The van der Waals surface area contributed by atoms with Gasteiger partial charge in [-0.1, -0.05) is 12.1 Å². The molecule has 2 aromatic heterocycles. The number of amides is 2. The number of rotatable bonds is 4. The monoisotopic (exact) mass is 439 g/mol. The van der Waals surface area contributed by atoms with Crippen molar-refractivity contribution < 1.29 is 22.8 Å². The minimum absolute atomic E-state index is 0.0117. The molecule has 2 heterocycles. The maximum atomic E-state index is 12.9.